The molecule has 5 unspecified atom stereocenters. The predicted molar refractivity (Wildman–Crippen MR) is 178 cm³/mol. The summed E-state index contributed by atoms with van der Waals surface area (Å²) in [6, 6.07) is -0.861. The number of rotatable bonds is 8. The van der Waals surface area contributed by atoms with Crippen LogP contribution in [-0.4, -0.2) is 79.2 Å². The third kappa shape index (κ3) is 6.05. The second kappa shape index (κ2) is 12.7. The number of nitrogens with two attached hydrogens (primary N) is 1. The average Bonchev–Trinajstić information content (AvgIpc) is 3.92. The summed E-state index contributed by atoms with van der Waals surface area (Å²) < 4.78 is 12.6. The van der Waals surface area contributed by atoms with Crippen LogP contribution in [0.15, 0.2) is 47.8 Å². The van der Waals surface area contributed by atoms with E-state index in [-0.39, 0.29) is 36.1 Å². The molecule has 5 aliphatic rings. The van der Waals surface area contributed by atoms with Gasteiger partial charge in [-0.2, -0.15) is 0 Å². The Morgan fingerprint density at radius 1 is 0.915 bits per heavy atom. The van der Waals surface area contributed by atoms with Crippen LogP contribution in [0.25, 0.3) is 11.1 Å². The van der Waals surface area contributed by atoms with Crippen LogP contribution in [0.2, 0.25) is 0 Å². The molecular weight excluding hydrogens is 594 g/mol. The number of imidazole rings is 2. The maximum absolute atomic E-state index is 13.5. The molecule has 250 valence electrons. The zero-order chi connectivity index (χ0) is 32.9. The lowest BCUT2D eigenvalue weighted by atomic mass is 9.86. The van der Waals surface area contributed by atoms with Crippen molar-refractivity contribution in [3.05, 3.63) is 70.9 Å². The van der Waals surface area contributed by atoms with Gasteiger partial charge >= 0.3 is 0 Å². The first-order valence-corrected chi connectivity index (χ1v) is 17.2. The van der Waals surface area contributed by atoms with E-state index in [0.717, 1.165) is 74.5 Å². The summed E-state index contributed by atoms with van der Waals surface area (Å²) in [5, 5.41) is 0. The largest absolute Gasteiger partial charge is 0.342 e. The number of amides is 2. The summed E-state index contributed by atoms with van der Waals surface area (Å²) >= 11 is 0. The van der Waals surface area contributed by atoms with Crippen molar-refractivity contribution >= 4 is 23.5 Å². The van der Waals surface area contributed by atoms with Crippen LogP contribution in [0, 0.1) is 5.92 Å². The molecule has 4 N–H and O–H groups in total. The minimum absolute atomic E-state index is 0.0143. The zero-order valence-corrected chi connectivity index (χ0v) is 27.9. The molecule has 0 saturated carbocycles. The average molecular weight is 642 g/mol. The molecular formula is C36H47N7O4. The predicted octanol–water partition coefficient (Wildman–Crippen LogP) is 5.11. The van der Waals surface area contributed by atoms with Crippen molar-refractivity contribution in [1.82, 2.24) is 29.7 Å². The Morgan fingerprint density at radius 3 is 1.96 bits per heavy atom. The standard InChI is InChI=1S/C36H47N7O4/c1-21(2)32(37)35(45)43-19-36(46-22(3)23(4)47-36)16-31(43)34-39-18-29(41-34)27-13-9-25(10-14-27)24-7-11-26(12-8-24)28-17-38-33(40-28)30-6-5-15-42(30)20-44/h7,9,11,13,17-18,20-23,30-32H,5-6,8,10,12,14-16,19,37H2,1-4H3,(H,38,40)(H,39,41). The molecule has 3 aliphatic heterocycles. The SMILES string of the molecule is CC(C)C(N)C(=O)N1CC2(CC1c1ncc(C3=CC=C(C4=CC=C(c5cnc(C6CCCN6C=O)[nH]5)CC4)CC3)[nH]1)OC(C)C(C)O2. The molecule has 0 aromatic carbocycles. The van der Waals surface area contributed by atoms with Crippen LogP contribution in [0.1, 0.15) is 108 Å². The lowest BCUT2D eigenvalue weighted by Crippen LogP contribution is -2.48. The molecule has 47 heavy (non-hydrogen) atoms. The van der Waals surface area contributed by atoms with E-state index in [9.17, 15) is 9.59 Å². The van der Waals surface area contributed by atoms with Gasteiger partial charge in [-0.25, -0.2) is 9.97 Å². The molecule has 3 fully saturated rings. The fourth-order valence-corrected chi connectivity index (χ4v) is 7.66. The smallest absolute Gasteiger partial charge is 0.240 e. The van der Waals surface area contributed by atoms with Crippen molar-refractivity contribution in [2.75, 3.05) is 13.1 Å². The number of hydrogen-bond acceptors (Lipinski definition) is 7. The van der Waals surface area contributed by atoms with E-state index in [2.05, 4.69) is 39.3 Å². The normalized spacial score (nSPS) is 30.1. The van der Waals surface area contributed by atoms with Crippen molar-refractivity contribution in [2.24, 2.45) is 11.7 Å². The van der Waals surface area contributed by atoms with Crippen LogP contribution in [-0.2, 0) is 19.1 Å². The van der Waals surface area contributed by atoms with Crippen molar-refractivity contribution in [3.63, 3.8) is 0 Å². The number of aromatic nitrogens is 4. The third-order valence-electron chi connectivity index (χ3n) is 10.7. The summed E-state index contributed by atoms with van der Waals surface area (Å²) in [6.45, 7) is 9.08. The van der Waals surface area contributed by atoms with Crippen LogP contribution in [0.5, 0.6) is 0 Å². The Labute approximate surface area is 276 Å². The van der Waals surface area contributed by atoms with E-state index in [1.807, 2.05) is 45.0 Å². The van der Waals surface area contributed by atoms with Gasteiger partial charge in [0.25, 0.3) is 0 Å². The van der Waals surface area contributed by atoms with Gasteiger partial charge in [0.1, 0.15) is 11.6 Å². The Balaban J connectivity index is 1.05. The molecule has 7 rings (SSSR count). The molecule has 5 heterocycles. The molecule has 2 aromatic rings. The summed E-state index contributed by atoms with van der Waals surface area (Å²) in [6.07, 6.45) is 19.7. The molecule has 2 aromatic heterocycles. The lowest BCUT2D eigenvalue weighted by molar-refractivity contribution is -0.166. The summed E-state index contributed by atoms with van der Waals surface area (Å²) in [5.74, 6) is 0.677. The first-order valence-electron chi connectivity index (χ1n) is 17.2. The molecule has 2 aliphatic carbocycles. The number of hydrogen-bond donors (Lipinski definition) is 3. The van der Waals surface area contributed by atoms with E-state index in [1.54, 1.807) is 4.90 Å². The molecule has 5 atom stereocenters. The monoisotopic (exact) mass is 641 g/mol. The summed E-state index contributed by atoms with van der Waals surface area (Å²) in [5.41, 5.74) is 13.5. The molecule has 3 saturated heterocycles. The van der Waals surface area contributed by atoms with Gasteiger partial charge in [-0.1, -0.05) is 38.2 Å². The van der Waals surface area contributed by atoms with Crippen LogP contribution < -0.4 is 5.73 Å². The number of ether oxygens (including phenoxy) is 2. The van der Waals surface area contributed by atoms with Crippen molar-refractivity contribution in [2.45, 2.75) is 109 Å². The van der Waals surface area contributed by atoms with Crippen LogP contribution >= 0.6 is 0 Å². The minimum atomic E-state index is -0.847. The first-order chi connectivity index (χ1) is 22.6. The number of carbonyl (C=O) groups excluding carboxylic acids is 2. The number of carbonyl (C=O) groups is 2. The topological polar surface area (TPSA) is 142 Å². The Hall–Kier alpha value is -3.80. The number of nitrogens with zero attached hydrogens (tertiary/aromatic N) is 4. The Morgan fingerprint density at radius 2 is 1.45 bits per heavy atom. The van der Waals surface area contributed by atoms with Crippen molar-refractivity contribution < 1.29 is 19.1 Å². The highest BCUT2D eigenvalue weighted by Gasteiger charge is 2.55. The summed E-state index contributed by atoms with van der Waals surface area (Å²) in [7, 11) is 0. The number of allylic oxidation sites excluding steroid dienone is 8. The molecule has 2 amide bonds. The quantitative estimate of drug-likeness (QED) is 0.340. The summed E-state index contributed by atoms with van der Waals surface area (Å²) in [4.78, 5) is 45.0. The second-order valence-electron chi connectivity index (χ2n) is 14.1. The highest BCUT2D eigenvalue weighted by Crippen LogP contribution is 2.45. The molecule has 11 nitrogen and oxygen atoms in total. The van der Waals surface area contributed by atoms with E-state index in [1.165, 1.54) is 22.3 Å². The van der Waals surface area contributed by atoms with E-state index >= 15 is 0 Å². The number of H-pyrrole nitrogens is 2. The highest BCUT2D eigenvalue weighted by molar-refractivity contribution is 5.82. The van der Waals surface area contributed by atoms with E-state index < -0.39 is 11.8 Å². The number of likely N-dealkylation sites (tertiary alicyclic amines) is 2. The van der Waals surface area contributed by atoms with Crippen LogP contribution in [0.3, 0.4) is 0 Å². The molecule has 0 bridgehead atoms. The molecule has 11 heteroatoms. The van der Waals surface area contributed by atoms with Crippen molar-refractivity contribution in [3.8, 4) is 0 Å². The zero-order valence-electron chi connectivity index (χ0n) is 27.9. The Bertz CT molecular complexity index is 1640. The van der Waals surface area contributed by atoms with Gasteiger partial charge in [-0.3, -0.25) is 9.59 Å². The van der Waals surface area contributed by atoms with E-state index in [0.29, 0.717) is 13.0 Å². The lowest BCUT2D eigenvalue weighted by Gasteiger charge is -2.28. The molecule has 0 radical (unpaired) electrons. The maximum atomic E-state index is 13.5. The van der Waals surface area contributed by atoms with Gasteiger partial charge in [0.15, 0.2) is 5.79 Å². The fourth-order valence-electron chi connectivity index (χ4n) is 7.66. The van der Waals surface area contributed by atoms with Gasteiger partial charge in [0, 0.05) is 13.0 Å². The Kier molecular flexibility index (Phi) is 8.57. The van der Waals surface area contributed by atoms with Crippen LogP contribution in [0.4, 0.5) is 0 Å². The van der Waals surface area contributed by atoms with Gasteiger partial charge in [-0.15, -0.1) is 0 Å². The molecule has 1 spiro atoms. The highest BCUT2D eigenvalue weighted by atomic mass is 16.8. The van der Waals surface area contributed by atoms with Gasteiger partial charge in [0.05, 0.1) is 60.7 Å². The van der Waals surface area contributed by atoms with Gasteiger partial charge in [0.2, 0.25) is 12.3 Å². The third-order valence-corrected chi connectivity index (χ3v) is 10.7. The van der Waals surface area contributed by atoms with E-state index in [4.69, 9.17) is 20.2 Å². The van der Waals surface area contributed by atoms with Gasteiger partial charge < -0.3 is 35.0 Å². The minimum Gasteiger partial charge on any atom is -0.342 e. The first kappa shape index (κ1) is 31.8. The number of aromatic amines is 2. The fraction of sp³-hybridized carbons (Fsp3) is 0.556. The van der Waals surface area contributed by atoms with Gasteiger partial charge in [-0.05, 0) is 80.6 Å². The second-order valence-corrected chi connectivity index (χ2v) is 14.1. The number of nitrogens with one attached hydrogen (secondary N) is 2. The maximum Gasteiger partial charge on any atom is 0.240 e. The van der Waals surface area contributed by atoms with Crippen molar-refractivity contribution in [1.29, 1.82) is 0 Å².